The molecule has 86 valence electrons. The van der Waals surface area contributed by atoms with Crippen LogP contribution in [0.25, 0.3) is 0 Å². The van der Waals surface area contributed by atoms with Crippen molar-refractivity contribution in [2.75, 3.05) is 11.1 Å². The molecule has 0 saturated carbocycles. The van der Waals surface area contributed by atoms with Gasteiger partial charge in [-0.15, -0.1) is 11.8 Å². The van der Waals surface area contributed by atoms with Crippen molar-refractivity contribution in [3.8, 4) is 0 Å². The lowest BCUT2D eigenvalue weighted by atomic mass is 10.0. The third-order valence-corrected chi connectivity index (χ3v) is 3.98. The zero-order valence-electron chi connectivity index (χ0n) is 9.34. The first kappa shape index (κ1) is 10.6. The van der Waals surface area contributed by atoms with E-state index >= 15 is 0 Å². The minimum Gasteiger partial charge on any atom is -0.376 e. The number of nitrogens with one attached hydrogen (secondary N) is 1. The minimum atomic E-state index is 0.374. The average Bonchev–Trinajstić information content (AvgIpc) is 2.40. The van der Waals surface area contributed by atoms with Crippen LogP contribution in [0.4, 0.5) is 5.69 Å². The summed E-state index contributed by atoms with van der Waals surface area (Å²) in [5, 5.41) is 3.50. The molecule has 0 bridgehead atoms. The highest BCUT2D eigenvalue weighted by Crippen LogP contribution is 2.37. The van der Waals surface area contributed by atoms with Crippen LogP contribution in [0.3, 0.4) is 0 Å². The number of nitrogens with zero attached hydrogens (tertiary/aromatic N) is 2. The fourth-order valence-electron chi connectivity index (χ4n) is 2.07. The SMILES string of the molecule is c1ccc2c(c1)SCCC2Nc1cncnc1. The van der Waals surface area contributed by atoms with Crippen LogP contribution in [0.15, 0.2) is 47.9 Å². The van der Waals surface area contributed by atoms with Gasteiger partial charge in [-0.05, 0) is 18.1 Å². The number of aromatic nitrogens is 2. The number of fused-ring (bicyclic) bond motifs is 1. The quantitative estimate of drug-likeness (QED) is 0.879. The van der Waals surface area contributed by atoms with Crippen LogP contribution >= 0.6 is 11.8 Å². The highest BCUT2D eigenvalue weighted by atomic mass is 32.2. The molecule has 0 aliphatic carbocycles. The van der Waals surface area contributed by atoms with E-state index < -0.39 is 0 Å². The van der Waals surface area contributed by atoms with Crippen molar-refractivity contribution in [2.45, 2.75) is 17.4 Å². The Morgan fingerprint density at radius 2 is 2.00 bits per heavy atom. The van der Waals surface area contributed by atoms with E-state index in [9.17, 15) is 0 Å². The molecule has 0 radical (unpaired) electrons. The van der Waals surface area contributed by atoms with Crippen molar-refractivity contribution in [3.05, 3.63) is 48.5 Å². The first-order valence-electron chi connectivity index (χ1n) is 5.67. The van der Waals surface area contributed by atoms with Gasteiger partial charge >= 0.3 is 0 Å². The number of benzene rings is 1. The van der Waals surface area contributed by atoms with E-state index in [0.717, 1.165) is 17.9 Å². The summed E-state index contributed by atoms with van der Waals surface area (Å²) >= 11 is 1.93. The largest absolute Gasteiger partial charge is 0.376 e. The van der Waals surface area contributed by atoms with Crippen molar-refractivity contribution in [1.82, 2.24) is 9.97 Å². The van der Waals surface area contributed by atoms with E-state index in [1.165, 1.54) is 10.5 Å². The molecule has 2 heterocycles. The molecule has 3 nitrogen and oxygen atoms in total. The van der Waals surface area contributed by atoms with Gasteiger partial charge in [0, 0.05) is 10.6 Å². The number of rotatable bonds is 2. The van der Waals surface area contributed by atoms with Crippen molar-refractivity contribution >= 4 is 17.4 Å². The van der Waals surface area contributed by atoms with E-state index in [4.69, 9.17) is 0 Å². The van der Waals surface area contributed by atoms with E-state index in [1.807, 2.05) is 24.2 Å². The van der Waals surface area contributed by atoms with Gasteiger partial charge in [0.25, 0.3) is 0 Å². The lowest BCUT2D eigenvalue weighted by Gasteiger charge is -2.26. The molecule has 0 fully saturated rings. The molecule has 0 amide bonds. The van der Waals surface area contributed by atoms with Crippen molar-refractivity contribution < 1.29 is 0 Å². The van der Waals surface area contributed by atoms with E-state index in [0.29, 0.717) is 6.04 Å². The first-order valence-corrected chi connectivity index (χ1v) is 6.65. The summed E-state index contributed by atoms with van der Waals surface area (Å²) in [6, 6.07) is 8.96. The molecule has 1 aliphatic heterocycles. The Morgan fingerprint density at radius 3 is 2.88 bits per heavy atom. The molecule has 1 atom stereocenters. The first-order chi connectivity index (χ1) is 8.43. The standard InChI is InChI=1S/C13H13N3S/c1-2-4-13-11(3-1)12(5-6-17-13)16-10-7-14-9-15-8-10/h1-4,7-9,12,16H,5-6H2. The van der Waals surface area contributed by atoms with Crippen LogP contribution in [-0.2, 0) is 0 Å². The molecule has 1 aromatic heterocycles. The van der Waals surface area contributed by atoms with Crippen molar-refractivity contribution in [3.63, 3.8) is 0 Å². The lowest BCUT2D eigenvalue weighted by molar-refractivity contribution is 0.727. The number of anilines is 1. The highest BCUT2D eigenvalue weighted by molar-refractivity contribution is 7.99. The van der Waals surface area contributed by atoms with E-state index in [2.05, 4.69) is 39.6 Å². The number of thioether (sulfide) groups is 1. The van der Waals surface area contributed by atoms with Gasteiger partial charge in [0.2, 0.25) is 0 Å². The van der Waals surface area contributed by atoms with Gasteiger partial charge in [0.05, 0.1) is 24.1 Å². The van der Waals surface area contributed by atoms with Crippen LogP contribution < -0.4 is 5.32 Å². The zero-order valence-corrected chi connectivity index (χ0v) is 10.2. The number of hydrogen-bond acceptors (Lipinski definition) is 4. The smallest absolute Gasteiger partial charge is 0.115 e. The molecular formula is C13H13N3S. The van der Waals surface area contributed by atoms with Gasteiger partial charge in [-0.3, -0.25) is 0 Å². The maximum Gasteiger partial charge on any atom is 0.115 e. The average molecular weight is 243 g/mol. The summed E-state index contributed by atoms with van der Waals surface area (Å²) in [6.07, 6.45) is 6.32. The Balaban J connectivity index is 1.86. The summed E-state index contributed by atoms with van der Waals surface area (Å²) < 4.78 is 0. The molecule has 0 saturated heterocycles. The Hall–Kier alpha value is -1.55. The predicted octanol–water partition coefficient (Wildman–Crippen LogP) is 3.13. The van der Waals surface area contributed by atoms with Gasteiger partial charge in [-0.25, -0.2) is 9.97 Å². The third kappa shape index (κ3) is 2.26. The van der Waals surface area contributed by atoms with Crippen LogP contribution in [0.1, 0.15) is 18.0 Å². The van der Waals surface area contributed by atoms with Gasteiger partial charge in [0.15, 0.2) is 0 Å². The van der Waals surface area contributed by atoms with E-state index in [-0.39, 0.29) is 0 Å². The molecule has 3 rings (SSSR count). The van der Waals surface area contributed by atoms with Crippen molar-refractivity contribution in [1.29, 1.82) is 0 Å². The Labute approximate surface area is 105 Å². The molecule has 1 aliphatic rings. The monoisotopic (exact) mass is 243 g/mol. The topological polar surface area (TPSA) is 37.8 Å². The minimum absolute atomic E-state index is 0.374. The summed E-state index contributed by atoms with van der Waals surface area (Å²) in [7, 11) is 0. The fourth-order valence-corrected chi connectivity index (χ4v) is 3.19. The zero-order chi connectivity index (χ0) is 11.5. The molecule has 17 heavy (non-hydrogen) atoms. The predicted molar refractivity (Wildman–Crippen MR) is 70.2 cm³/mol. The Bertz CT molecular complexity index is 501. The Morgan fingerprint density at radius 1 is 1.18 bits per heavy atom. The second kappa shape index (κ2) is 4.75. The molecule has 0 spiro atoms. The fraction of sp³-hybridized carbons (Fsp3) is 0.231. The molecule has 1 aromatic carbocycles. The summed E-state index contributed by atoms with van der Waals surface area (Å²) in [4.78, 5) is 9.44. The second-order valence-corrected chi connectivity index (χ2v) is 5.14. The summed E-state index contributed by atoms with van der Waals surface area (Å²) in [6.45, 7) is 0. The van der Waals surface area contributed by atoms with Gasteiger partial charge in [-0.2, -0.15) is 0 Å². The Kier molecular flexibility index (Phi) is 2.96. The van der Waals surface area contributed by atoms with Crippen molar-refractivity contribution in [2.24, 2.45) is 0 Å². The normalized spacial score (nSPS) is 18.5. The van der Waals surface area contributed by atoms with Crippen LogP contribution in [-0.4, -0.2) is 15.7 Å². The highest BCUT2D eigenvalue weighted by Gasteiger charge is 2.19. The lowest BCUT2D eigenvalue weighted by Crippen LogP contribution is -2.16. The molecule has 2 aromatic rings. The second-order valence-electron chi connectivity index (χ2n) is 4.00. The van der Waals surface area contributed by atoms with Crippen LogP contribution in [0.5, 0.6) is 0 Å². The van der Waals surface area contributed by atoms with Gasteiger partial charge < -0.3 is 5.32 Å². The van der Waals surface area contributed by atoms with Gasteiger partial charge in [-0.1, -0.05) is 18.2 Å². The van der Waals surface area contributed by atoms with Crippen LogP contribution in [0, 0.1) is 0 Å². The molecule has 1 unspecified atom stereocenters. The van der Waals surface area contributed by atoms with E-state index in [1.54, 1.807) is 6.33 Å². The summed E-state index contributed by atoms with van der Waals surface area (Å²) in [5.41, 5.74) is 2.37. The molecular weight excluding hydrogens is 230 g/mol. The molecule has 1 N–H and O–H groups in total. The summed E-state index contributed by atoms with van der Waals surface area (Å²) in [5.74, 6) is 1.16. The van der Waals surface area contributed by atoms with Crippen LogP contribution in [0.2, 0.25) is 0 Å². The molecule has 4 heteroatoms. The maximum atomic E-state index is 4.03. The maximum absolute atomic E-state index is 4.03. The van der Waals surface area contributed by atoms with Gasteiger partial charge in [0.1, 0.15) is 6.33 Å². The third-order valence-electron chi connectivity index (χ3n) is 2.86. The number of hydrogen-bond donors (Lipinski definition) is 1.